The Labute approximate surface area is 164 Å². The first-order valence-corrected chi connectivity index (χ1v) is 9.86. The van der Waals surface area contributed by atoms with E-state index in [1.807, 2.05) is 31.2 Å². The number of hydrogen-bond donors (Lipinski definition) is 1. The zero-order chi connectivity index (χ0) is 19.3. The van der Waals surface area contributed by atoms with Gasteiger partial charge < -0.3 is 15.0 Å². The van der Waals surface area contributed by atoms with Gasteiger partial charge in [0.1, 0.15) is 17.7 Å². The van der Waals surface area contributed by atoms with Gasteiger partial charge in [0.2, 0.25) is 0 Å². The van der Waals surface area contributed by atoms with Gasteiger partial charge in [-0.3, -0.25) is 4.79 Å². The highest BCUT2D eigenvalue weighted by molar-refractivity contribution is 5.98. The van der Waals surface area contributed by atoms with E-state index < -0.39 is 0 Å². The van der Waals surface area contributed by atoms with Gasteiger partial charge in [-0.25, -0.2) is 4.98 Å². The molecule has 3 aliphatic rings. The first-order valence-electron chi connectivity index (χ1n) is 9.86. The average Bonchev–Trinajstić information content (AvgIpc) is 3.18. The lowest BCUT2D eigenvalue weighted by atomic mass is 9.98. The van der Waals surface area contributed by atoms with Crippen LogP contribution in [-0.4, -0.2) is 29.1 Å². The maximum absolute atomic E-state index is 11.9. The molecule has 28 heavy (non-hydrogen) atoms. The molecule has 4 heterocycles. The summed E-state index contributed by atoms with van der Waals surface area (Å²) >= 11 is 0. The summed E-state index contributed by atoms with van der Waals surface area (Å²) in [6.07, 6.45) is 4.32. The Morgan fingerprint density at radius 1 is 1.25 bits per heavy atom. The van der Waals surface area contributed by atoms with Crippen LogP contribution >= 0.6 is 0 Å². The minimum Gasteiger partial charge on any atom is -0.490 e. The molecule has 0 radical (unpaired) electrons. The summed E-state index contributed by atoms with van der Waals surface area (Å²) in [7, 11) is 0. The number of ether oxygens (including phenoxy) is 1. The first-order chi connectivity index (χ1) is 13.6. The number of nitrogens with one attached hydrogen (secondary N) is 1. The number of carbonyl (C=O) groups excluding carboxylic acids is 1. The molecule has 1 aromatic heterocycles. The van der Waals surface area contributed by atoms with E-state index in [2.05, 4.69) is 16.3 Å². The molecule has 0 unspecified atom stereocenters. The molecule has 6 nitrogen and oxygen atoms in total. The number of anilines is 1. The second-order valence-corrected chi connectivity index (χ2v) is 7.95. The van der Waals surface area contributed by atoms with Crippen molar-refractivity contribution < 1.29 is 9.53 Å². The molecule has 3 atom stereocenters. The van der Waals surface area contributed by atoms with Gasteiger partial charge in [0, 0.05) is 24.9 Å². The standard InChI is InChI=1S/C22H22N4O2/c1-13-7-19-20(12-24-22(19)27)25-21(13)26-15-5-6-16(26)10-18(9-15)28-17-4-2-3-14(8-17)11-23/h2-4,7-8,15-16,18H,5-6,9-10,12H2,1H3,(H,24,27)/t15-,16+,18-. The van der Waals surface area contributed by atoms with E-state index in [1.54, 1.807) is 6.07 Å². The van der Waals surface area contributed by atoms with Crippen molar-refractivity contribution >= 4 is 11.7 Å². The van der Waals surface area contributed by atoms with Gasteiger partial charge in [-0.05, 0) is 49.6 Å². The molecule has 0 spiro atoms. The predicted octanol–water partition coefficient (Wildman–Crippen LogP) is 3.08. The van der Waals surface area contributed by atoms with E-state index in [-0.39, 0.29) is 12.0 Å². The van der Waals surface area contributed by atoms with Crippen molar-refractivity contribution in [2.45, 2.75) is 57.3 Å². The van der Waals surface area contributed by atoms with Crippen molar-refractivity contribution in [2.75, 3.05) is 4.90 Å². The van der Waals surface area contributed by atoms with Gasteiger partial charge in [-0.1, -0.05) is 6.07 Å². The molecular weight excluding hydrogens is 352 g/mol. The summed E-state index contributed by atoms with van der Waals surface area (Å²) in [5.74, 6) is 1.77. The molecule has 2 bridgehead atoms. The van der Waals surface area contributed by atoms with Crippen LogP contribution in [0.25, 0.3) is 0 Å². The molecule has 1 aromatic carbocycles. The predicted molar refractivity (Wildman–Crippen MR) is 104 cm³/mol. The summed E-state index contributed by atoms with van der Waals surface area (Å²) in [4.78, 5) is 19.2. The van der Waals surface area contributed by atoms with Gasteiger partial charge in [0.05, 0.1) is 29.4 Å². The van der Waals surface area contributed by atoms with Crippen LogP contribution in [0.4, 0.5) is 5.82 Å². The number of aromatic nitrogens is 1. The van der Waals surface area contributed by atoms with Gasteiger partial charge >= 0.3 is 0 Å². The fourth-order valence-corrected chi connectivity index (χ4v) is 4.89. The Kier molecular flexibility index (Phi) is 3.97. The number of nitrogens with zero attached hydrogens (tertiary/aromatic N) is 3. The molecular formula is C22H22N4O2. The summed E-state index contributed by atoms with van der Waals surface area (Å²) in [6.45, 7) is 2.56. The van der Waals surface area contributed by atoms with Crippen molar-refractivity contribution in [2.24, 2.45) is 0 Å². The molecule has 6 heteroatoms. The zero-order valence-corrected chi connectivity index (χ0v) is 15.8. The SMILES string of the molecule is Cc1cc2c(nc1N1[C@@H]3CC[C@H]1C[C@H](Oc1cccc(C#N)c1)C3)CNC2=O. The number of benzene rings is 1. The smallest absolute Gasteiger partial charge is 0.253 e. The van der Waals surface area contributed by atoms with Crippen molar-refractivity contribution in [3.63, 3.8) is 0 Å². The van der Waals surface area contributed by atoms with E-state index in [4.69, 9.17) is 15.0 Å². The molecule has 5 rings (SSSR count). The highest BCUT2D eigenvalue weighted by Crippen LogP contribution is 2.41. The average molecular weight is 374 g/mol. The molecule has 2 aromatic rings. The number of rotatable bonds is 3. The number of amides is 1. The number of hydrogen-bond acceptors (Lipinski definition) is 5. The Morgan fingerprint density at radius 2 is 2.04 bits per heavy atom. The number of nitriles is 1. The van der Waals surface area contributed by atoms with Gasteiger partial charge in [-0.15, -0.1) is 0 Å². The third-order valence-corrected chi connectivity index (χ3v) is 6.13. The summed E-state index contributed by atoms with van der Waals surface area (Å²) < 4.78 is 6.23. The Hall–Kier alpha value is -3.07. The normalized spacial score (nSPS) is 25.2. The molecule has 0 aliphatic carbocycles. The van der Waals surface area contributed by atoms with Gasteiger partial charge in [0.25, 0.3) is 5.91 Å². The topological polar surface area (TPSA) is 78.2 Å². The molecule has 2 saturated heterocycles. The maximum atomic E-state index is 11.9. The summed E-state index contributed by atoms with van der Waals surface area (Å²) in [6, 6.07) is 12.3. The van der Waals surface area contributed by atoms with Crippen LogP contribution in [0.15, 0.2) is 30.3 Å². The zero-order valence-electron chi connectivity index (χ0n) is 15.8. The monoisotopic (exact) mass is 374 g/mol. The minimum atomic E-state index is -0.0215. The van der Waals surface area contributed by atoms with Gasteiger partial charge in [0.15, 0.2) is 0 Å². The lowest BCUT2D eigenvalue weighted by Gasteiger charge is -2.40. The van der Waals surface area contributed by atoms with Crippen molar-refractivity contribution in [1.29, 1.82) is 5.26 Å². The van der Waals surface area contributed by atoms with E-state index in [0.29, 0.717) is 29.8 Å². The largest absolute Gasteiger partial charge is 0.490 e. The second kappa shape index (κ2) is 6.52. The van der Waals surface area contributed by atoms with Crippen molar-refractivity contribution in [1.82, 2.24) is 10.3 Å². The van der Waals surface area contributed by atoms with E-state index in [9.17, 15) is 4.79 Å². The Bertz CT molecular complexity index is 983. The maximum Gasteiger partial charge on any atom is 0.253 e. The molecule has 0 saturated carbocycles. The highest BCUT2D eigenvalue weighted by atomic mass is 16.5. The number of carbonyl (C=O) groups is 1. The van der Waals surface area contributed by atoms with Crippen LogP contribution in [-0.2, 0) is 6.54 Å². The summed E-state index contributed by atoms with van der Waals surface area (Å²) in [5, 5.41) is 11.9. The second-order valence-electron chi connectivity index (χ2n) is 7.95. The quantitative estimate of drug-likeness (QED) is 0.893. The number of aryl methyl sites for hydroxylation is 1. The van der Waals surface area contributed by atoms with Crippen LogP contribution in [0, 0.1) is 18.3 Å². The lowest BCUT2D eigenvalue weighted by Crippen LogP contribution is -2.47. The fraction of sp³-hybridized carbons (Fsp3) is 0.409. The molecule has 142 valence electrons. The van der Waals surface area contributed by atoms with Crippen molar-refractivity contribution in [3.05, 3.63) is 52.7 Å². The highest BCUT2D eigenvalue weighted by Gasteiger charge is 2.43. The summed E-state index contributed by atoms with van der Waals surface area (Å²) in [5.41, 5.74) is 3.26. The van der Waals surface area contributed by atoms with Crippen LogP contribution in [0.3, 0.4) is 0 Å². The molecule has 1 amide bonds. The lowest BCUT2D eigenvalue weighted by molar-refractivity contribution is 0.0965. The van der Waals surface area contributed by atoms with Crippen LogP contribution in [0.2, 0.25) is 0 Å². The first kappa shape index (κ1) is 17.1. The number of piperidine rings is 1. The van der Waals surface area contributed by atoms with Gasteiger partial charge in [-0.2, -0.15) is 5.26 Å². The minimum absolute atomic E-state index is 0.0215. The number of pyridine rings is 1. The van der Waals surface area contributed by atoms with E-state index in [1.165, 1.54) is 0 Å². The van der Waals surface area contributed by atoms with Crippen molar-refractivity contribution in [3.8, 4) is 11.8 Å². The number of fused-ring (bicyclic) bond motifs is 3. The third kappa shape index (κ3) is 2.78. The van der Waals surface area contributed by atoms with E-state index >= 15 is 0 Å². The molecule has 2 fully saturated rings. The van der Waals surface area contributed by atoms with E-state index in [0.717, 1.165) is 48.5 Å². The third-order valence-electron chi connectivity index (χ3n) is 6.13. The molecule has 3 aliphatic heterocycles. The van der Waals surface area contributed by atoms with Crippen LogP contribution < -0.4 is 15.0 Å². The molecule has 1 N–H and O–H groups in total. The van der Waals surface area contributed by atoms with Crippen LogP contribution in [0.1, 0.15) is 52.9 Å². The Morgan fingerprint density at radius 3 is 2.79 bits per heavy atom. The van der Waals surface area contributed by atoms with Crippen LogP contribution in [0.5, 0.6) is 5.75 Å². The Balaban J connectivity index is 1.37. The fourth-order valence-electron chi connectivity index (χ4n) is 4.89.